The van der Waals surface area contributed by atoms with E-state index in [4.69, 9.17) is 0 Å². The van der Waals surface area contributed by atoms with Crippen LogP contribution in [0.25, 0.3) is 10.2 Å². The summed E-state index contributed by atoms with van der Waals surface area (Å²) in [5.41, 5.74) is 1.19. The average molecular weight is 401 g/mol. The van der Waals surface area contributed by atoms with Crippen LogP contribution in [0, 0.1) is 0 Å². The van der Waals surface area contributed by atoms with Crippen molar-refractivity contribution in [3.8, 4) is 0 Å². The van der Waals surface area contributed by atoms with Gasteiger partial charge in [-0.2, -0.15) is 0 Å². The molecule has 2 aliphatic heterocycles. The lowest BCUT2D eigenvalue weighted by molar-refractivity contribution is -0.130. The molecule has 0 radical (unpaired) electrons. The first-order valence-corrected chi connectivity index (χ1v) is 11.0. The summed E-state index contributed by atoms with van der Waals surface area (Å²) in [6.07, 6.45) is 6.07. The second-order valence-corrected chi connectivity index (χ2v) is 8.83. The largest absolute Gasteiger partial charge is 0.354 e. The number of likely N-dealkylation sites (tertiary alicyclic amines) is 2. The van der Waals surface area contributed by atoms with Crippen molar-refractivity contribution >= 4 is 33.4 Å². The number of amides is 2. The van der Waals surface area contributed by atoms with Crippen LogP contribution >= 0.6 is 11.3 Å². The van der Waals surface area contributed by atoms with E-state index in [2.05, 4.69) is 21.3 Å². The van der Waals surface area contributed by atoms with Crippen molar-refractivity contribution in [2.24, 2.45) is 0 Å². The third-order valence-electron chi connectivity index (χ3n) is 6.30. The lowest BCUT2D eigenvalue weighted by Crippen LogP contribution is -2.48. The zero-order valence-corrected chi connectivity index (χ0v) is 17.4. The number of hydrogen-bond donors (Lipinski definition) is 1. The molecule has 150 valence electrons. The van der Waals surface area contributed by atoms with Crippen LogP contribution in [0.15, 0.2) is 18.3 Å². The molecule has 0 saturated carbocycles. The first kappa shape index (κ1) is 19.3. The molecule has 0 bridgehead atoms. The van der Waals surface area contributed by atoms with Crippen LogP contribution in [0.4, 0.5) is 0 Å². The van der Waals surface area contributed by atoms with Crippen LogP contribution < -0.4 is 5.32 Å². The molecule has 0 aromatic carbocycles. The van der Waals surface area contributed by atoms with Crippen LogP contribution in [0.1, 0.15) is 53.8 Å². The Morgan fingerprint density at radius 3 is 2.50 bits per heavy atom. The van der Waals surface area contributed by atoms with Gasteiger partial charge < -0.3 is 15.1 Å². The molecule has 4 heterocycles. The molecule has 6 nitrogen and oxygen atoms in total. The molecular weight excluding hydrogens is 372 g/mol. The van der Waals surface area contributed by atoms with E-state index in [9.17, 15) is 9.59 Å². The van der Waals surface area contributed by atoms with Gasteiger partial charge >= 0.3 is 0 Å². The van der Waals surface area contributed by atoms with Crippen molar-refractivity contribution < 1.29 is 9.59 Å². The van der Waals surface area contributed by atoms with E-state index in [1.54, 1.807) is 20.2 Å². The summed E-state index contributed by atoms with van der Waals surface area (Å²) >= 11 is 1.51. The fourth-order valence-corrected chi connectivity index (χ4v) is 5.91. The SMILES string of the molecule is CNC(=O)c1sc2ncccc2c1C1CCN(C2CCN(C(C)=O)CC2)CC1. The molecule has 4 rings (SSSR count). The van der Waals surface area contributed by atoms with Gasteiger partial charge in [0.05, 0.1) is 4.88 Å². The number of carbonyl (C=O) groups excluding carboxylic acids is 2. The van der Waals surface area contributed by atoms with Gasteiger partial charge in [0.1, 0.15) is 4.83 Å². The van der Waals surface area contributed by atoms with Crippen molar-refractivity contribution in [2.75, 3.05) is 33.2 Å². The summed E-state index contributed by atoms with van der Waals surface area (Å²) in [4.78, 5) is 34.8. The minimum absolute atomic E-state index is 0.00275. The molecule has 2 aliphatic rings. The second-order valence-electron chi connectivity index (χ2n) is 7.83. The molecule has 28 heavy (non-hydrogen) atoms. The Morgan fingerprint density at radius 1 is 1.14 bits per heavy atom. The van der Waals surface area contributed by atoms with Gasteiger partial charge in [0.25, 0.3) is 5.91 Å². The zero-order valence-electron chi connectivity index (χ0n) is 16.6. The summed E-state index contributed by atoms with van der Waals surface area (Å²) in [6.45, 7) is 5.53. The van der Waals surface area contributed by atoms with Gasteiger partial charge in [0.2, 0.25) is 5.91 Å². The van der Waals surface area contributed by atoms with Crippen LogP contribution in [-0.2, 0) is 4.79 Å². The predicted molar refractivity (Wildman–Crippen MR) is 112 cm³/mol. The monoisotopic (exact) mass is 400 g/mol. The topological polar surface area (TPSA) is 65.5 Å². The molecule has 2 fully saturated rings. The van der Waals surface area contributed by atoms with Gasteiger partial charge in [-0.3, -0.25) is 9.59 Å². The highest BCUT2D eigenvalue weighted by Gasteiger charge is 2.32. The molecule has 2 amide bonds. The highest BCUT2D eigenvalue weighted by atomic mass is 32.1. The summed E-state index contributed by atoms with van der Waals surface area (Å²) in [6, 6.07) is 4.64. The number of hydrogen-bond acceptors (Lipinski definition) is 5. The molecule has 7 heteroatoms. The lowest BCUT2D eigenvalue weighted by atomic mass is 9.86. The number of pyridine rings is 1. The summed E-state index contributed by atoms with van der Waals surface area (Å²) in [7, 11) is 1.69. The molecule has 2 saturated heterocycles. The number of rotatable bonds is 3. The molecule has 0 aliphatic carbocycles. The lowest BCUT2D eigenvalue weighted by Gasteiger charge is -2.41. The van der Waals surface area contributed by atoms with E-state index >= 15 is 0 Å². The zero-order chi connectivity index (χ0) is 19.7. The predicted octanol–water partition coefficient (Wildman–Crippen LogP) is 2.85. The standard InChI is InChI=1S/C21H28N4O2S/c1-14(26)24-12-7-16(8-13-24)25-10-5-15(6-11-25)18-17-4-3-9-23-21(17)28-19(18)20(27)22-2/h3-4,9,15-16H,5-8,10-13H2,1-2H3,(H,22,27). The number of fused-ring (bicyclic) bond motifs is 1. The minimum atomic E-state index is -0.00275. The Morgan fingerprint density at radius 2 is 1.86 bits per heavy atom. The van der Waals surface area contributed by atoms with E-state index in [0.717, 1.165) is 67.0 Å². The van der Waals surface area contributed by atoms with Crippen molar-refractivity contribution in [2.45, 2.75) is 44.6 Å². The number of nitrogens with one attached hydrogen (secondary N) is 1. The fraction of sp³-hybridized carbons (Fsp3) is 0.571. The first-order chi connectivity index (χ1) is 13.6. The third kappa shape index (κ3) is 3.65. The normalized spacial score (nSPS) is 19.9. The third-order valence-corrected chi connectivity index (χ3v) is 7.43. The summed E-state index contributed by atoms with van der Waals surface area (Å²) in [5, 5.41) is 3.93. The van der Waals surface area contributed by atoms with Crippen molar-refractivity contribution in [1.82, 2.24) is 20.1 Å². The Hall–Kier alpha value is -1.99. The number of nitrogens with zero attached hydrogens (tertiary/aromatic N) is 3. The second kappa shape index (κ2) is 8.17. The molecule has 2 aromatic rings. The van der Waals surface area contributed by atoms with E-state index < -0.39 is 0 Å². The Bertz CT molecular complexity index is 864. The van der Waals surface area contributed by atoms with E-state index in [1.807, 2.05) is 11.0 Å². The quantitative estimate of drug-likeness (QED) is 0.860. The van der Waals surface area contributed by atoms with E-state index in [0.29, 0.717) is 12.0 Å². The fourth-order valence-electron chi connectivity index (χ4n) is 4.74. The van der Waals surface area contributed by atoms with Crippen LogP contribution in [0.2, 0.25) is 0 Å². The smallest absolute Gasteiger partial charge is 0.261 e. The van der Waals surface area contributed by atoms with Gasteiger partial charge in [-0.05, 0) is 56.3 Å². The molecule has 0 unspecified atom stereocenters. The van der Waals surface area contributed by atoms with E-state index in [1.165, 1.54) is 16.9 Å². The first-order valence-electron chi connectivity index (χ1n) is 10.2. The van der Waals surface area contributed by atoms with Gasteiger partial charge in [-0.15, -0.1) is 11.3 Å². The highest BCUT2D eigenvalue weighted by molar-refractivity contribution is 7.20. The number of piperidine rings is 2. The average Bonchev–Trinajstić information content (AvgIpc) is 3.13. The Kier molecular flexibility index (Phi) is 5.64. The van der Waals surface area contributed by atoms with Crippen LogP contribution in [-0.4, -0.2) is 65.9 Å². The molecular formula is C21H28N4O2S. The van der Waals surface area contributed by atoms with Gasteiger partial charge in [0.15, 0.2) is 0 Å². The highest BCUT2D eigenvalue weighted by Crippen LogP contribution is 2.40. The number of aromatic nitrogens is 1. The van der Waals surface area contributed by atoms with Crippen molar-refractivity contribution in [3.05, 3.63) is 28.8 Å². The van der Waals surface area contributed by atoms with Crippen molar-refractivity contribution in [1.29, 1.82) is 0 Å². The Labute approximate surface area is 169 Å². The van der Waals surface area contributed by atoms with Crippen LogP contribution in [0.5, 0.6) is 0 Å². The number of carbonyl (C=O) groups is 2. The molecule has 2 aromatic heterocycles. The van der Waals surface area contributed by atoms with Gasteiger partial charge in [-0.1, -0.05) is 6.07 Å². The maximum absolute atomic E-state index is 12.5. The maximum Gasteiger partial charge on any atom is 0.261 e. The van der Waals surface area contributed by atoms with Gasteiger partial charge in [0, 0.05) is 44.7 Å². The number of thiophene rings is 1. The van der Waals surface area contributed by atoms with E-state index in [-0.39, 0.29) is 11.8 Å². The maximum atomic E-state index is 12.5. The van der Waals surface area contributed by atoms with Crippen molar-refractivity contribution in [3.63, 3.8) is 0 Å². The Balaban J connectivity index is 1.47. The molecule has 0 atom stereocenters. The summed E-state index contributed by atoms with van der Waals surface area (Å²) < 4.78 is 0. The summed E-state index contributed by atoms with van der Waals surface area (Å²) in [5.74, 6) is 0.590. The molecule has 0 spiro atoms. The van der Waals surface area contributed by atoms with Crippen LogP contribution in [0.3, 0.4) is 0 Å². The minimum Gasteiger partial charge on any atom is -0.354 e. The molecule has 1 N–H and O–H groups in total. The van der Waals surface area contributed by atoms with Gasteiger partial charge in [-0.25, -0.2) is 4.98 Å².